The summed E-state index contributed by atoms with van der Waals surface area (Å²) in [5.41, 5.74) is 0.383. The van der Waals surface area contributed by atoms with Crippen molar-refractivity contribution in [3.8, 4) is 0 Å². The number of amides is 1. The molecule has 1 rings (SSSR count). The summed E-state index contributed by atoms with van der Waals surface area (Å²) in [6.45, 7) is 2.52. The van der Waals surface area contributed by atoms with Crippen molar-refractivity contribution in [2.24, 2.45) is 0 Å². The first-order valence-corrected chi connectivity index (χ1v) is 6.97. The highest BCUT2D eigenvalue weighted by atomic mass is 32.2. The van der Waals surface area contributed by atoms with Crippen molar-refractivity contribution in [3.63, 3.8) is 0 Å². The number of carbonyl (C=O) groups excluding carboxylic acids is 1. The van der Waals surface area contributed by atoms with E-state index in [0.29, 0.717) is 12.1 Å². The molecule has 0 saturated carbocycles. The molecule has 0 saturated heterocycles. The highest BCUT2D eigenvalue weighted by molar-refractivity contribution is 7.84. The van der Waals surface area contributed by atoms with Gasteiger partial charge in [-0.15, -0.1) is 0 Å². The van der Waals surface area contributed by atoms with E-state index in [2.05, 4.69) is 5.32 Å². The molecule has 0 bridgehead atoms. The fourth-order valence-corrected chi connectivity index (χ4v) is 2.38. The van der Waals surface area contributed by atoms with E-state index in [1.165, 1.54) is 6.07 Å². The van der Waals surface area contributed by atoms with Crippen molar-refractivity contribution < 1.29 is 13.4 Å². The van der Waals surface area contributed by atoms with Gasteiger partial charge in [0.05, 0.1) is 5.75 Å². The number of nitrogens with one attached hydrogen (secondary N) is 1. The zero-order chi connectivity index (χ0) is 12.7. The molecule has 0 spiro atoms. The standard InChI is InChI=1S/C12H16FNO2S/c1-2-7-14-12(15)9-17(16)8-10-5-3-4-6-11(10)13/h3-6H,2,7-9H2,1H3,(H,14,15)/t17-/m1/s1. The van der Waals surface area contributed by atoms with E-state index in [1.54, 1.807) is 18.2 Å². The fraction of sp³-hybridized carbons (Fsp3) is 0.417. The second kappa shape index (κ2) is 7.17. The Hall–Kier alpha value is -1.23. The molecule has 17 heavy (non-hydrogen) atoms. The summed E-state index contributed by atoms with van der Waals surface area (Å²) in [7, 11) is -1.37. The second-order valence-electron chi connectivity index (χ2n) is 3.67. The summed E-state index contributed by atoms with van der Waals surface area (Å²) < 4.78 is 24.9. The lowest BCUT2D eigenvalue weighted by atomic mass is 10.2. The summed E-state index contributed by atoms with van der Waals surface area (Å²) in [4.78, 5) is 11.3. The lowest BCUT2D eigenvalue weighted by Crippen LogP contribution is -2.29. The van der Waals surface area contributed by atoms with Crippen molar-refractivity contribution in [1.82, 2.24) is 5.32 Å². The third-order valence-electron chi connectivity index (χ3n) is 2.14. The Kier molecular flexibility index (Phi) is 5.83. The van der Waals surface area contributed by atoms with Gasteiger partial charge in [0.2, 0.25) is 5.91 Å². The Morgan fingerprint density at radius 3 is 2.76 bits per heavy atom. The van der Waals surface area contributed by atoms with Crippen LogP contribution in [0.1, 0.15) is 18.9 Å². The molecule has 3 nitrogen and oxygen atoms in total. The van der Waals surface area contributed by atoms with Crippen LogP contribution in [0, 0.1) is 5.82 Å². The molecule has 0 aliphatic rings. The highest BCUT2D eigenvalue weighted by Crippen LogP contribution is 2.08. The van der Waals surface area contributed by atoms with Crippen LogP contribution in [-0.4, -0.2) is 22.4 Å². The zero-order valence-corrected chi connectivity index (χ0v) is 10.6. The number of halogens is 1. The smallest absolute Gasteiger partial charge is 0.232 e. The average molecular weight is 257 g/mol. The fourth-order valence-electron chi connectivity index (χ4n) is 1.30. The van der Waals surface area contributed by atoms with Gasteiger partial charge in [-0.2, -0.15) is 0 Å². The maximum atomic E-state index is 13.3. The van der Waals surface area contributed by atoms with E-state index < -0.39 is 10.8 Å². The van der Waals surface area contributed by atoms with Crippen LogP contribution < -0.4 is 5.32 Å². The van der Waals surface area contributed by atoms with Crippen molar-refractivity contribution in [2.45, 2.75) is 19.1 Å². The Labute approximate surface area is 103 Å². The third-order valence-corrected chi connectivity index (χ3v) is 3.36. The summed E-state index contributed by atoms with van der Waals surface area (Å²) in [6.07, 6.45) is 0.839. The van der Waals surface area contributed by atoms with E-state index in [-0.39, 0.29) is 23.2 Å². The molecule has 94 valence electrons. The minimum absolute atomic E-state index is 0.0751. The van der Waals surface area contributed by atoms with Crippen LogP contribution in [0.4, 0.5) is 4.39 Å². The molecule has 1 atom stereocenters. The van der Waals surface area contributed by atoms with Gasteiger partial charge in [0.1, 0.15) is 11.6 Å². The molecule has 1 aromatic rings. The van der Waals surface area contributed by atoms with Gasteiger partial charge in [0.15, 0.2) is 0 Å². The predicted molar refractivity (Wildman–Crippen MR) is 66.4 cm³/mol. The monoisotopic (exact) mass is 257 g/mol. The van der Waals surface area contributed by atoms with Gasteiger partial charge < -0.3 is 5.32 Å². The lowest BCUT2D eigenvalue weighted by molar-refractivity contribution is -0.118. The summed E-state index contributed by atoms with van der Waals surface area (Å²) >= 11 is 0. The molecule has 0 heterocycles. The van der Waals surface area contributed by atoms with E-state index >= 15 is 0 Å². The molecule has 5 heteroatoms. The van der Waals surface area contributed by atoms with Crippen LogP contribution >= 0.6 is 0 Å². The molecular formula is C12H16FNO2S. The predicted octanol–water partition coefficient (Wildman–Crippen LogP) is 1.60. The van der Waals surface area contributed by atoms with Gasteiger partial charge >= 0.3 is 0 Å². The van der Waals surface area contributed by atoms with Crippen LogP contribution in [0.3, 0.4) is 0 Å². The molecular weight excluding hydrogens is 241 g/mol. The first-order valence-electron chi connectivity index (χ1n) is 5.48. The van der Waals surface area contributed by atoms with Gasteiger partial charge in [-0.05, 0) is 12.5 Å². The van der Waals surface area contributed by atoms with Gasteiger partial charge in [-0.1, -0.05) is 25.1 Å². The number of hydrogen-bond acceptors (Lipinski definition) is 2. The maximum Gasteiger partial charge on any atom is 0.232 e. The zero-order valence-electron chi connectivity index (χ0n) is 9.74. The van der Waals surface area contributed by atoms with Crippen LogP contribution in [0.25, 0.3) is 0 Å². The van der Waals surface area contributed by atoms with Crippen LogP contribution in [-0.2, 0) is 21.3 Å². The SMILES string of the molecule is CCCNC(=O)C[S@](=O)Cc1ccccc1F. The van der Waals surface area contributed by atoms with Gasteiger partial charge in [0.25, 0.3) is 0 Å². The molecule has 1 N–H and O–H groups in total. The summed E-state index contributed by atoms with van der Waals surface area (Å²) in [5.74, 6) is -0.628. The normalized spacial score (nSPS) is 12.1. The molecule has 0 aliphatic carbocycles. The highest BCUT2D eigenvalue weighted by Gasteiger charge is 2.10. The molecule has 0 fully saturated rings. The van der Waals surface area contributed by atoms with Crippen LogP contribution in [0.5, 0.6) is 0 Å². The molecule has 1 amide bonds. The minimum atomic E-state index is -1.37. The Morgan fingerprint density at radius 1 is 1.41 bits per heavy atom. The topological polar surface area (TPSA) is 46.2 Å². The number of rotatable bonds is 6. The Balaban J connectivity index is 2.45. The van der Waals surface area contributed by atoms with Crippen molar-refractivity contribution in [1.29, 1.82) is 0 Å². The largest absolute Gasteiger partial charge is 0.355 e. The van der Waals surface area contributed by atoms with Crippen molar-refractivity contribution in [3.05, 3.63) is 35.6 Å². The quantitative estimate of drug-likeness (QED) is 0.841. The minimum Gasteiger partial charge on any atom is -0.355 e. The maximum absolute atomic E-state index is 13.3. The Bertz CT molecular complexity index is 409. The number of carbonyl (C=O) groups is 1. The lowest BCUT2D eigenvalue weighted by Gasteiger charge is -2.04. The van der Waals surface area contributed by atoms with Crippen LogP contribution in [0.15, 0.2) is 24.3 Å². The molecule has 0 unspecified atom stereocenters. The molecule has 1 aromatic carbocycles. The van der Waals surface area contributed by atoms with E-state index in [1.807, 2.05) is 6.92 Å². The van der Waals surface area contributed by atoms with Crippen molar-refractivity contribution >= 4 is 16.7 Å². The van der Waals surface area contributed by atoms with Gasteiger partial charge in [0, 0.05) is 22.9 Å². The van der Waals surface area contributed by atoms with E-state index in [9.17, 15) is 13.4 Å². The van der Waals surface area contributed by atoms with E-state index in [4.69, 9.17) is 0 Å². The van der Waals surface area contributed by atoms with Crippen molar-refractivity contribution in [2.75, 3.05) is 12.3 Å². The van der Waals surface area contributed by atoms with Gasteiger partial charge in [-0.25, -0.2) is 4.39 Å². The molecule has 0 radical (unpaired) electrons. The molecule has 0 aromatic heterocycles. The average Bonchev–Trinajstić information content (AvgIpc) is 2.29. The molecule has 0 aliphatic heterocycles. The van der Waals surface area contributed by atoms with Crippen LogP contribution in [0.2, 0.25) is 0 Å². The first-order chi connectivity index (χ1) is 8.13. The summed E-state index contributed by atoms with van der Waals surface area (Å²) in [5, 5.41) is 2.64. The Morgan fingerprint density at radius 2 is 2.12 bits per heavy atom. The third kappa shape index (κ3) is 5.08. The van der Waals surface area contributed by atoms with E-state index in [0.717, 1.165) is 6.42 Å². The van der Waals surface area contributed by atoms with Gasteiger partial charge in [-0.3, -0.25) is 9.00 Å². The number of hydrogen-bond donors (Lipinski definition) is 1. The number of benzene rings is 1. The first kappa shape index (κ1) is 13.8. The second-order valence-corrected chi connectivity index (χ2v) is 5.13. The summed E-state index contributed by atoms with van der Waals surface area (Å²) in [6, 6.07) is 6.17.